The molecule has 22 heavy (non-hydrogen) atoms. The molecule has 1 amide bonds. The van der Waals surface area contributed by atoms with Gasteiger partial charge in [0.2, 0.25) is 5.91 Å². The lowest BCUT2D eigenvalue weighted by molar-refractivity contribution is -0.115. The van der Waals surface area contributed by atoms with Crippen LogP contribution in [0.15, 0.2) is 42.5 Å². The Kier molecular flexibility index (Phi) is 5.77. The van der Waals surface area contributed by atoms with E-state index in [0.717, 1.165) is 0 Å². The van der Waals surface area contributed by atoms with Crippen molar-refractivity contribution in [3.8, 4) is 0 Å². The Labute approximate surface area is 138 Å². The molecule has 0 fully saturated rings. The second-order valence-corrected chi connectivity index (χ2v) is 5.56. The second kappa shape index (κ2) is 7.58. The molecule has 2 N–H and O–H groups in total. The molecule has 2 aromatic rings. The fraction of sp³-hybridized carbons (Fsp3) is 0.188. The van der Waals surface area contributed by atoms with Gasteiger partial charge in [-0.15, -0.1) is 0 Å². The van der Waals surface area contributed by atoms with Crippen LogP contribution in [0.25, 0.3) is 0 Å². The highest BCUT2D eigenvalue weighted by molar-refractivity contribution is 6.43. The topological polar surface area (TPSA) is 41.1 Å². The number of benzene rings is 2. The Bertz CT molecular complexity index is 679. The van der Waals surface area contributed by atoms with Gasteiger partial charge in [0, 0.05) is 11.6 Å². The van der Waals surface area contributed by atoms with Crippen LogP contribution in [0.3, 0.4) is 0 Å². The maximum atomic E-state index is 13.6. The summed E-state index contributed by atoms with van der Waals surface area (Å²) in [5.41, 5.74) is 0.954. The molecule has 0 saturated carbocycles. The molecule has 2 aromatic carbocycles. The number of carbonyl (C=O) groups is 1. The molecule has 116 valence electrons. The van der Waals surface area contributed by atoms with Crippen molar-refractivity contribution < 1.29 is 9.18 Å². The number of halogens is 3. The lowest BCUT2D eigenvalue weighted by Crippen LogP contribution is -2.30. The van der Waals surface area contributed by atoms with Crippen LogP contribution in [0.4, 0.5) is 10.1 Å². The van der Waals surface area contributed by atoms with Gasteiger partial charge in [0.05, 0.1) is 22.3 Å². The molecule has 0 radical (unpaired) electrons. The number of anilines is 1. The number of carbonyl (C=O) groups excluding carboxylic acids is 1. The second-order valence-electron chi connectivity index (χ2n) is 4.77. The number of amides is 1. The molecular formula is C16H15Cl2FN2O. The predicted molar refractivity (Wildman–Crippen MR) is 87.9 cm³/mol. The van der Waals surface area contributed by atoms with Crippen molar-refractivity contribution in [3.63, 3.8) is 0 Å². The van der Waals surface area contributed by atoms with Gasteiger partial charge in [-0.3, -0.25) is 4.79 Å². The van der Waals surface area contributed by atoms with E-state index >= 15 is 0 Å². The normalized spacial score (nSPS) is 12.0. The van der Waals surface area contributed by atoms with E-state index in [9.17, 15) is 9.18 Å². The zero-order valence-electron chi connectivity index (χ0n) is 11.9. The van der Waals surface area contributed by atoms with E-state index in [2.05, 4.69) is 10.6 Å². The summed E-state index contributed by atoms with van der Waals surface area (Å²) in [6.07, 6.45) is 0. The number of nitrogens with one attached hydrogen (secondary N) is 2. The number of rotatable bonds is 5. The minimum absolute atomic E-state index is 0.0261. The lowest BCUT2D eigenvalue weighted by Gasteiger charge is -2.15. The molecule has 0 saturated heterocycles. The van der Waals surface area contributed by atoms with Gasteiger partial charge in [0.15, 0.2) is 0 Å². The van der Waals surface area contributed by atoms with Gasteiger partial charge in [-0.25, -0.2) is 4.39 Å². The standard InChI is InChI=1S/C16H15Cl2FN2O/c1-10(11-5-2-3-7-13(11)19)20-9-15(22)21-14-8-4-6-12(17)16(14)18/h2-8,10,20H,9H2,1H3,(H,21,22). The fourth-order valence-electron chi connectivity index (χ4n) is 1.98. The van der Waals surface area contributed by atoms with Crippen molar-refractivity contribution in [2.75, 3.05) is 11.9 Å². The molecule has 0 aliphatic rings. The van der Waals surface area contributed by atoms with Crippen LogP contribution < -0.4 is 10.6 Å². The monoisotopic (exact) mass is 340 g/mol. The molecule has 0 heterocycles. The van der Waals surface area contributed by atoms with Gasteiger partial charge in [0.1, 0.15) is 5.82 Å². The predicted octanol–water partition coefficient (Wildman–Crippen LogP) is 4.42. The van der Waals surface area contributed by atoms with Crippen molar-refractivity contribution in [1.82, 2.24) is 5.32 Å². The minimum Gasteiger partial charge on any atom is -0.324 e. The zero-order chi connectivity index (χ0) is 16.1. The number of hydrogen-bond donors (Lipinski definition) is 2. The molecule has 0 aliphatic carbocycles. The van der Waals surface area contributed by atoms with E-state index in [4.69, 9.17) is 23.2 Å². The molecule has 0 aliphatic heterocycles. The smallest absolute Gasteiger partial charge is 0.238 e. The van der Waals surface area contributed by atoms with Crippen LogP contribution in [0.1, 0.15) is 18.5 Å². The maximum Gasteiger partial charge on any atom is 0.238 e. The van der Waals surface area contributed by atoms with E-state index in [1.807, 2.05) is 0 Å². The highest BCUT2D eigenvalue weighted by atomic mass is 35.5. The van der Waals surface area contributed by atoms with Crippen LogP contribution in [0, 0.1) is 5.82 Å². The summed E-state index contributed by atoms with van der Waals surface area (Å²) in [6, 6.07) is 11.1. The van der Waals surface area contributed by atoms with Crippen LogP contribution >= 0.6 is 23.2 Å². The quantitative estimate of drug-likeness (QED) is 0.845. The summed E-state index contributed by atoms with van der Waals surface area (Å²) in [5.74, 6) is -0.590. The van der Waals surface area contributed by atoms with Crippen molar-refractivity contribution in [3.05, 3.63) is 63.9 Å². The maximum absolute atomic E-state index is 13.6. The van der Waals surface area contributed by atoms with Crippen molar-refractivity contribution in [2.45, 2.75) is 13.0 Å². The third-order valence-electron chi connectivity index (χ3n) is 3.17. The van der Waals surface area contributed by atoms with Crippen LogP contribution in [0.2, 0.25) is 10.0 Å². The van der Waals surface area contributed by atoms with Crippen LogP contribution in [-0.2, 0) is 4.79 Å². The summed E-state index contributed by atoms with van der Waals surface area (Å²) in [6.45, 7) is 1.82. The molecule has 1 unspecified atom stereocenters. The third kappa shape index (κ3) is 4.19. The summed E-state index contributed by atoms with van der Waals surface area (Å²) in [7, 11) is 0. The Morgan fingerprint density at radius 2 is 1.91 bits per heavy atom. The molecule has 0 spiro atoms. The Balaban J connectivity index is 1.93. The summed E-state index contributed by atoms with van der Waals surface area (Å²) in [5, 5.41) is 6.29. The first-order chi connectivity index (χ1) is 10.5. The molecule has 0 aromatic heterocycles. The summed E-state index contributed by atoms with van der Waals surface area (Å²) < 4.78 is 13.6. The largest absolute Gasteiger partial charge is 0.324 e. The molecule has 6 heteroatoms. The number of hydrogen-bond acceptors (Lipinski definition) is 2. The van der Waals surface area contributed by atoms with E-state index < -0.39 is 0 Å². The lowest BCUT2D eigenvalue weighted by atomic mass is 10.1. The van der Waals surface area contributed by atoms with Gasteiger partial charge in [-0.2, -0.15) is 0 Å². The van der Waals surface area contributed by atoms with Gasteiger partial charge in [-0.1, -0.05) is 47.5 Å². The molecular weight excluding hydrogens is 326 g/mol. The van der Waals surface area contributed by atoms with Crippen molar-refractivity contribution in [2.24, 2.45) is 0 Å². The van der Waals surface area contributed by atoms with E-state index in [-0.39, 0.29) is 24.3 Å². The first-order valence-electron chi connectivity index (χ1n) is 6.70. The van der Waals surface area contributed by atoms with Crippen molar-refractivity contribution >= 4 is 34.8 Å². The fourth-order valence-corrected chi connectivity index (χ4v) is 2.32. The van der Waals surface area contributed by atoms with Gasteiger partial charge in [-0.05, 0) is 25.1 Å². The Morgan fingerprint density at radius 1 is 1.18 bits per heavy atom. The average Bonchev–Trinajstić information content (AvgIpc) is 2.50. The van der Waals surface area contributed by atoms with Gasteiger partial charge in [0.25, 0.3) is 0 Å². The third-order valence-corrected chi connectivity index (χ3v) is 3.99. The highest BCUT2D eigenvalue weighted by Gasteiger charge is 2.12. The Hall–Kier alpha value is -1.62. The highest BCUT2D eigenvalue weighted by Crippen LogP contribution is 2.29. The summed E-state index contributed by atoms with van der Waals surface area (Å²) >= 11 is 11.9. The molecule has 0 bridgehead atoms. The summed E-state index contributed by atoms with van der Waals surface area (Å²) in [4.78, 5) is 11.9. The van der Waals surface area contributed by atoms with Gasteiger partial charge >= 0.3 is 0 Å². The molecule has 2 rings (SSSR count). The zero-order valence-corrected chi connectivity index (χ0v) is 13.4. The van der Waals surface area contributed by atoms with E-state index in [0.29, 0.717) is 21.3 Å². The van der Waals surface area contributed by atoms with Crippen LogP contribution in [0.5, 0.6) is 0 Å². The van der Waals surface area contributed by atoms with E-state index in [1.54, 1.807) is 43.3 Å². The molecule has 3 nitrogen and oxygen atoms in total. The van der Waals surface area contributed by atoms with Crippen LogP contribution in [-0.4, -0.2) is 12.5 Å². The molecule has 1 atom stereocenters. The van der Waals surface area contributed by atoms with Crippen molar-refractivity contribution in [1.29, 1.82) is 0 Å². The minimum atomic E-state index is -0.305. The van der Waals surface area contributed by atoms with E-state index in [1.165, 1.54) is 6.07 Å². The average molecular weight is 341 g/mol. The first kappa shape index (κ1) is 16.7. The SMILES string of the molecule is CC(NCC(=O)Nc1cccc(Cl)c1Cl)c1ccccc1F. The first-order valence-corrected chi connectivity index (χ1v) is 7.46. The Morgan fingerprint density at radius 3 is 2.64 bits per heavy atom. The van der Waals surface area contributed by atoms with Gasteiger partial charge < -0.3 is 10.6 Å².